The number of esters is 4. The number of carbonyl (C=O) groups excluding carboxylic acids is 4. The van der Waals surface area contributed by atoms with Crippen LogP contribution in [0, 0.1) is 11.8 Å². The molecule has 19 heteroatoms. The van der Waals surface area contributed by atoms with Crippen molar-refractivity contribution in [1.29, 1.82) is 0 Å². The molecule has 0 radical (unpaired) electrons. The molecule has 0 rings (SSSR count). The molecule has 0 aromatic heterocycles. The van der Waals surface area contributed by atoms with Crippen LogP contribution in [0.4, 0.5) is 0 Å². The second kappa shape index (κ2) is 47.3. The van der Waals surface area contributed by atoms with Crippen molar-refractivity contribution in [1.82, 2.24) is 0 Å². The number of phosphoric acid groups is 2. The van der Waals surface area contributed by atoms with Gasteiger partial charge in [0.1, 0.15) is 19.3 Å². The third-order valence-electron chi connectivity index (χ3n) is 12.6. The van der Waals surface area contributed by atoms with E-state index in [9.17, 15) is 43.2 Å². The standard InChI is InChI=1S/C54H104O17P2/c1-7-10-12-14-16-24-30-36-51(56)64-42-49(70-53(58)38-32-26-17-15-13-11-8-2)44-68-72(60,61)66-40-48(55)41-67-73(62,63)69-45-50(43-65-52(57)37-31-25-20-18-22-28-34-46(4)5)71-54(59)39-33-27-21-19-23-29-35-47(6)9-3/h46-50,55H,7-45H2,1-6H3,(H,60,61)(H,62,63)/t47?,48-,49+,50+/m0/s1. The van der Waals surface area contributed by atoms with Gasteiger partial charge in [0.15, 0.2) is 12.2 Å². The van der Waals surface area contributed by atoms with Gasteiger partial charge in [-0.3, -0.25) is 37.3 Å². The van der Waals surface area contributed by atoms with Gasteiger partial charge in [-0.2, -0.15) is 0 Å². The van der Waals surface area contributed by atoms with Gasteiger partial charge in [0.05, 0.1) is 26.4 Å². The van der Waals surface area contributed by atoms with Crippen LogP contribution in [0.3, 0.4) is 0 Å². The molecule has 6 atom stereocenters. The zero-order valence-corrected chi connectivity index (χ0v) is 48.2. The van der Waals surface area contributed by atoms with Gasteiger partial charge in [-0.05, 0) is 37.5 Å². The average molecular weight is 1090 g/mol. The zero-order chi connectivity index (χ0) is 54.4. The molecule has 17 nitrogen and oxygen atoms in total. The van der Waals surface area contributed by atoms with Crippen molar-refractivity contribution in [3.63, 3.8) is 0 Å². The maximum Gasteiger partial charge on any atom is 0.472 e. The van der Waals surface area contributed by atoms with Gasteiger partial charge >= 0.3 is 39.5 Å². The van der Waals surface area contributed by atoms with Gasteiger partial charge in [0.2, 0.25) is 0 Å². The highest BCUT2D eigenvalue weighted by molar-refractivity contribution is 7.47. The molecular weight excluding hydrogens is 983 g/mol. The Morgan fingerprint density at radius 3 is 1.04 bits per heavy atom. The number of hydrogen-bond donors (Lipinski definition) is 3. The molecule has 0 aliphatic carbocycles. The molecule has 0 saturated carbocycles. The van der Waals surface area contributed by atoms with Gasteiger partial charge in [-0.15, -0.1) is 0 Å². The highest BCUT2D eigenvalue weighted by Crippen LogP contribution is 2.45. The van der Waals surface area contributed by atoms with E-state index in [-0.39, 0.29) is 25.7 Å². The highest BCUT2D eigenvalue weighted by atomic mass is 31.2. The van der Waals surface area contributed by atoms with E-state index in [1.54, 1.807) is 0 Å². The largest absolute Gasteiger partial charge is 0.472 e. The van der Waals surface area contributed by atoms with E-state index in [1.807, 2.05) is 0 Å². The minimum absolute atomic E-state index is 0.102. The lowest BCUT2D eigenvalue weighted by Crippen LogP contribution is -2.30. The summed E-state index contributed by atoms with van der Waals surface area (Å²) in [7, 11) is -9.86. The Morgan fingerprint density at radius 2 is 0.699 bits per heavy atom. The molecule has 3 unspecified atom stereocenters. The normalized spacial score (nSPS) is 15.0. The maximum atomic E-state index is 12.9. The number of unbranched alkanes of at least 4 members (excludes halogenated alkanes) is 22. The van der Waals surface area contributed by atoms with Crippen LogP contribution < -0.4 is 0 Å². The summed E-state index contributed by atoms with van der Waals surface area (Å²) in [6.45, 7) is 9.19. The summed E-state index contributed by atoms with van der Waals surface area (Å²) in [6, 6.07) is 0. The van der Waals surface area contributed by atoms with Crippen molar-refractivity contribution in [2.45, 2.75) is 272 Å². The lowest BCUT2D eigenvalue weighted by molar-refractivity contribution is -0.161. The molecule has 0 saturated heterocycles. The zero-order valence-electron chi connectivity index (χ0n) is 46.4. The first kappa shape index (κ1) is 71.1. The number of hydrogen-bond acceptors (Lipinski definition) is 15. The molecule has 0 aliphatic heterocycles. The summed E-state index contributed by atoms with van der Waals surface area (Å²) in [4.78, 5) is 71.4. The Morgan fingerprint density at radius 1 is 0.397 bits per heavy atom. The second-order valence-corrected chi connectivity index (χ2v) is 23.2. The van der Waals surface area contributed by atoms with Crippen LogP contribution in [0.2, 0.25) is 0 Å². The third kappa shape index (κ3) is 48.2. The van der Waals surface area contributed by atoms with E-state index in [0.717, 1.165) is 128 Å². The Labute approximate surface area is 441 Å². The summed E-state index contributed by atoms with van der Waals surface area (Å²) in [5.41, 5.74) is 0. The van der Waals surface area contributed by atoms with E-state index in [1.165, 1.54) is 38.5 Å². The van der Waals surface area contributed by atoms with Crippen molar-refractivity contribution >= 4 is 39.5 Å². The fourth-order valence-corrected chi connectivity index (χ4v) is 9.31. The highest BCUT2D eigenvalue weighted by Gasteiger charge is 2.30. The fourth-order valence-electron chi connectivity index (χ4n) is 7.73. The first-order valence-corrected chi connectivity index (χ1v) is 31.5. The number of aliphatic hydroxyl groups is 1. The van der Waals surface area contributed by atoms with Crippen molar-refractivity contribution in [3.05, 3.63) is 0 Å². The van der Waals surface area contributed by atoms with Crippen molar-refractivity contribution in [2.75, 3.05) is 39.6 Å². The topological polar surface area (TPSA) is 237 Å². The molecule has 73 heavy (non-hydrogen) atoms. The van der Waals surface area contributed by atoms with Crippen molar-refractivity contribution in [2.24, 2.45) is 11.8 Å². The first-order chi connectivity index (χ1) is 34.9. The van der Waals surface area contributed by atoms with E-state index in [0.29, 0.717) is 31.6 Å². The lowest BCUT2D eigenvalue weighted by atomic mass is 10.00. The summed E-state index contributed by atoms with van der Waals surface area (Å²) < 4.78 is 67.3. The van der Waals surface area contributed by atoms with Crippen LogP contribution in [0.5, 0.6) is 0 Å². The van der Waals surface area contributed by atoms with Gasteiger partial charge < -0.3 is 33.8 Å². The minimum atomic E-state index is -4.93. The predicted molar refractivity (Wildman–Crippen MR) is 285 cm³/mol. The summed E-state index contributed by atoms with van der Waals surface area (Å²) in [5.74, 6) is -0.762. The summed E-state index contributed by atoms with van der Waals surface area (Å²) in [5, 5.41) is 10.4. The lowest BCUT2D eigenvalue weighted by Gasteiger charge is -2.21. The Kier molecular flexibility index (Phi) is 46.0. The third-order valence-corrected chi connectivity index (χ3v) is 14.5. The van der Waals surface area contributed by atoms with Crippen molar-refractivity contribution in [3.8, 4) is 0 Å². The minimum Gasteiger partial charge on any atom is -0.462 e. The first-order valence-electron chi connectivity index (χ1n) is 28.5. The van der Waals surface area contributed by atoms with Crippen molar-refractivity contribution < 1.29 is 80.2 Å². The monoisotopic (exact) mass is 1090 g/mol. The van der Waals surface area contributed by atoms with Crippen LogP contribution in [0.25, 0.3) is 0 Å². The number of ether oxygens (including phenoxy) is 4. The molecule has 0 aromatic rings. The number of rotatable bonds is 53. The molecule has 0 aromatic carbocycles. The number of phosphoric ester groups is 2. The van der Waals surface area contributed by atoms with Gasteiger partial charge in [-0.1, -0.05) is 202 Å². The number of aliphatic hydroxyl groups excluding tert-OH is 1. The van der Waals surface area contributed by atoms with Gasteiger partial charge in [-0.25, -0.2) is 9.13 Å². The fraction of sp³-hybridized carbons (Fsp3) is 0.926. The van der Waals surface area contributed by atoms with Crippen LogP contribution in [-0.2, 0) is 65.4 Å². The SMILES string of the molecule is CCCCCCCCCC(=O)OC[C@H](COP(=O)(O)OC[C@H](O)COP(=O)(O)OC[C@@H](COC(=O)CCCCCCCCC(C)C)OC(=O)CCCCCCCCC(C)CC)OC(=O)CCCCCCCCC. The molecule has 3 N–H and O–H groups in total. The molecule has 0 aliphatic rings. The van der Waals surface area contributed by atoms with Crippen LogP contribution in [0.15, 0.2) is 0 Å². The van der Waals surface area contributed by atoms with E-state index < -0.39 is 97.5 Å². The number of carbonyl (C=O) groups is 4. The molecule has 0 bridgehead atoms. The Hall–Kier alpha value is -1.94. The van der Waals surface area contributed by atoms with Gasteiger partial charge in [0, 0.05) is 25.7 Å². The Balaban J connectivity index is 5.21. The van der Waals surface area contributed by atoms with E-state index >= 15 is 0 Å². The van der Waals surface area contributed by atoms with Gasteiger partial charge in [0.25, 0.3) is 0 Å². The predicted octanol–water partition coefficient (Wildman–Crippen LogP) is 13.7. The maximum absolute atomic E-state index is 12.9. The second-order valence-electron chi connectivity index (χ2n) is 20.3. The molecule has 0 spiro atoms. The van der Waals surface area contributed by atoms with Crippen LogP contribution >= 0.6 is 15.6 Å². The molecule has 432 valence electrons. The smallest absolute Gasteiger partial charge is 0.462 e. The van der Waals surface area contributed by atoms with Crippen LogP contribution in [-0.4, -0.2) is 96.7 Å². The summed E-state index contributed by atoms with van der Waals surface area (Å²) >= 11 is 0. The average Bonchev–Trinajstić information content (AvgIpc) is 3.35. The quantitative estimate of drug-likeness (QED) is 0.0222. The molecule has 0 amide bonds. The molecule has 0 fully saturated rings. The van der Waals surface area contributed by atoms with E-state index in [2.05, 4.69) is 41.5 Å². The van der Waals surface area contributed by atoms with E-state index in [4.69, 9.17) is 37.0 Å². The Bertz CT molecular complexity index is 1470. The molecular formula is C54H104O17P2. The van der Waals surface area contributed by atoms with Crippen LogP contribution in [0.1, 0.15) is 253 Å². The molecule has 0 heterocycles. The summed E-state index contributed by atoms with van der Waals surface area (Å²) in [6.07, 6.45) is 25.7.